The van der Waals surface area contributed by atoms with E-state index in [0.717, 1.165) is 22.6 Å². The lowest BCUT2D eigenvalue weighted by Crippen LogP contribution is -1.96. The average Bonchev–Trinajstić information content (AvgIpc) is 3.01. The van der Waals surface area contributed by atoms with Crippen molar-refractivity contribution in [1.82, 2.24) is 9.78 Å². The van der Waals surface area contributed by atoms with Crippen LogP contribution in [0.15, 0.2) is 59.6 Å². The topological polar surface area (TPSA) is 30.2 Å². The van der Waals surface area contributed by atoms with Gasteiger partial charge in [-0.15, -0.1) is 0 Å². The summed E-state index contributed by atoms with van der Waals surface area (Å²) in [4.78, 5) is 4.87. The first-order chi connectivity index (χ1) is 12.5. The summed E-state index contributed by atoms with van der Waals surface area (Å²) >= 11 is 0. The minimum Gasteiger partial charge on any atom is -0.267 e. The molecule has 0 spiro atoms. The maximum Gasteiger partial charge on any atom is 0.104 e. The van der Waals surface area contributed by atoms with Gasteiger partial charge in [-0.1, -0.05) is 76.2 Å². The Kier molecular flexibility index (Phi) is 5.36. The van der Waals surface area contributed by atoms with E-state index in [1.54, 1.807) is 0 Å². The van der Waals surface area contributed by atoms with Gasteiger partial charge in [0.2, 0.25) is 0 Å². The van der Waals surface area contributed by atoms with Crippen molar-refractivity contribution in [2.75, 3.05) is 0 Å². The molecule has 0 radical (unpaired) electrons. The van der Waals surface area contributed by atoms with Crippen LogP contribution < -0.4 is 0 Å². The van der Waals surface area contributed by atoms with Crippen molar-refractivity contribution >= 4 is 11.9 Å². The fourth-order valence-electron chi connectivity index (χ4n) is 3.22. The number of hydrogen-bond acceptors (Lipinski definition) is 2. The first kappa shape index (κ1) is 18.1. The predicted octanol–water partition coefficient (Wildman–Crippen LogP) is 6.08. The van der Waals surface area contributed by atoms with Gasteiger partial charge in [0.25, 0.3) is 0 Å². The molecule has 1 heterocycles. The number of nitrogens with zero attached hydrogens (tertiary/aromatic N) is 3. The van der Waals surface area contributed by atoms with E-state index in [1.165, 1.54) is 11.1 Å². The van der Waals surface area contributed by atoms with Crippen LogP contribution in [0.5, 0.6) is 0 Å². The Morgan fingerprint density at radius 3 is 2.08 bits per heavy atom. The molecule has 3 rings (SSSR count). The summed E-state index contributed by atoms with van der Waals surface area (Å²) in [5.41, 5.74) is 6.78. The second kappa shape index (κ2) is 7.69. The molecule has 1 aromatic heterocycles. The van der Waals surface area contributed by atoms with Crippen molar-refractivity contribution in [3.8, 4) is 11.3 Å². The molecule has 0 N–H and O–H groups in total. The van der Waals surface area contributed by atoms with Crippen molar-refractivity contribution in [2.45, 2.75) is 39.5 Å². The van der Waals surface area contributed by atoms with Gasteiger partial charge < -0.3 is 0 Å². The number of rotatable bonds is 5. The number of aromatic nitrogens is 2. The van der Waals surface area contributed by atoms with E-state index in [2.05, 4.69) is 69.2 Å². The molecule has 0 saturated carbocycles. The predicted molar refractivity (Wildman–Crippen MR) is 111 cm³/mol. The number of aryl methyl sites for hydroxylation is 1. The van der Waals surface area contributed by atoms with Crippen LogP contribution in [0.4, 0.5) is 5.69 Å². The third-order valence-electron chi connectivity index (χ3n) is 4.64. The van der Waals surface area contributed by atoms with E-state index >= 15 is 0 Å². The molecule has 3 heteroatoms. The normalized spacial score (nSPS) is 11.8. The molecule has 26 heavy (non-hydrogen) atoms. The molecule has 3 nitrogen and oxygen atoms in total. The third kappa shape index (κ3) is 3.77. The number of hydrogen-bond donors (Lipinski definition) is 0. The lowest BCUT2D eigenvalue weighted by Gasteiger charge is -2.16. The highest BCUT2D eigenvalue weighted by molar-refractivity contribution is 5.83. The van der Waals surface area contributed by atoms with Gasteiger partial charge in [-0.05, 0) is 34.6 Å². The Balaban J connectivity index is 1.99. The zero-order chi connectivity index (χ0) is 18.7. The highest BCUT2D eigenvalue weighted by Gasteiger charge is 2.13. The van der Waals surface area contributed by atoms with E-state index in [-0.39, 0.29) is 0 Å². The maximum absolute atomic E-state index is 4.87. The van der Waals surface area contributed by atoms with Gasteiger partial charge in [0.15, 0.2) is 0 Å². The minimum atomic E-state index is 0.435. The third-order valence-corrected chi connectivity index (χ3v) is 4.64. The summed E-state index contributed by atoms with van der Waals surface area (Å²) in [6, 6.07) is 18.9. The molecule has 0 unspecified atom stereocenters. The molecule has 0 amide bonds. The summed E-state index contributed by atoms with van der Waals surface area (Å²) in [7, 11) is 1.97. The quantitative estimate of drug-likeness (QED) is 0.515. The monoisotopic (exact) mass is 345 g/mol. The Morgan fingerprint density at radius 1 is 0.885 bits per heavy atom. The van der Waals surface area contributed by atoms with Gasteiger partial charge >= 0.3 is 0 Å². The first-order valence-corrected chi connectivity index (χ1v) is 9.23. The van der Waals surface area contributed by atoms with Crippen LogP contribution >= 0.6 is 0 Å². The fraction of sp³-hybridized carbons (Fsp3) is 0.304. The summed E-state index contributed by atoms with van der Waals surface area (Å²) in [5, 5.41) is 4.62. The zero-order valence-corrected chi connectivity index (χ0v) is 16.3. The van der Waals surface area contributed by atoms with E-state index < -0.39 is 0 Å². The van der Waals surface area contributed by atoms with E-state index in [0.29, 0.717) is 11.8 Å². The van der Waals surface area contributed by atoms with E-state index in [1.807, 2.05) is 36.1 Å². The lowest BCUT2D eigenvalue weighted by molar-refractivity contribution is 0.773. The molecule has 0 aliphatic carbocycles. The van der Waals surface area contributed by atoms with E-state index in [4.69, 9.17) is 4.99 Å². The van der Waals surface area contributed by atoms with E-state index in [9.17, 15) is 0 Å². The fourth-order valence-corrected chi connectivity index (χ4v) is 3.22. The molecule has 0 bridgehead atoms. The second-order valence-corrected chi connectivity index (χ2v) is 7.30. The molecule has 2 aromatic carbocycles. The van der Waals surface area contributed by atoms with Crippen LogP contribution in [-0.4, -0.2) is 16.0 Å². The van der Waals surface area contributed by atoms with Crippen LogP contribution in [0.2, 0.25) is 0 Å². The van der Waals surface area contributed by atoms with Crippen molar-refractivity contribution in [1.29, 1.82) is 0 Å². The number of benzene rings is 2. The Hall–Kier alpha value is -2.68. The van der Waals surface area contributed by atoms with Gasteiger partial charge in [0, 0.05) is 7.05 Å². The second-order valence-electron chi connectivity index (χ2n) is 7.30. The minimum absolute atomic E-state index is 0.435. The van der Waals surface area contributed by atoms with Gasteiger partial charge in [-0.2, -0.15) is 5.10 Å². The van der Waals surface area contributed by atoms with Crippen LogP contribution in [0.25, 0.3) is 11.3 Å². The molecule has 0 fully saturated rings. The van der Waals surface area contributed by atoms with Gasteiger partial charge in [-0.25, -0.2) is 0 Å². The zero-order valence-electron chi connectivity index (χ0n) is 16.3. The van der Waals surface area contributed by atoms with Crippen LogP contribution in [0.1, 0.15) is 56.4 Å². The maximum atomic E-state index is 4.87. The van der Waals surface area contributed by atoms with Crippen LogP contribution in [0, 0.1) is 0 Å². The Bertz CT molecular complexity index is 876. The molecule has 0 atom stereocenters. The SMILES string of the molecule is CC(C)c1cccc(C(C)C)c1/N=C/c1cc(-c2ccccc2)n(C)n1. The van der Waals surface area contributed by atoms with Crippen LogP contribution in [0.3, 0.4) is 0 Å². The molecular weight excluding hydrogens is 318 g/mol. The standard InChI is InChI=1S/C23H27N3/c1-16(2)20-12-9-13-21(17(3)4)23(20)24-15-19-14-22(26(5)25-19)18-10-7-6-8-11-18/h6-17H,1-5H3/b24-15+. The average molecular weight is 345 g/mol. The highest BCUT2D eigenvalue weighted by atomic mass is 15.3. The lowest BCUT2D eigenvalue weighted by atomic mass is 9.93. The molecular formula is C23H27N3. The molecule has 0 saturated heterocycles. The van der Waals surface area contributed by atoms with Crippen LogP contribution in [-0.2, 0) is 7.05 Å². The van der Waals surface area contributed by atoms with Crippen molar-refractivity contribution < 1.29 is 0 Å². The largest absolute Gasteiger partial charge is 0.267 e. The van der Waals surface area contributed by atoms with Crippen molar-refractivity contribution in [3.63, 3.8) is 0 Å². The Morgan fingerprint density at radius 2 is 1.50 bits per heavy atom. The van der Waals surface area contributed by atoms with Crippen molar-refractivity contribution in [3.05, 3.63) is 71.4 Å². The molecule has 0 aliphatic heterocycles. The first-order valence-electron chi connectivity index (χ1n) is 9.23. The van der Waals surface area contributed by atoms with Gasteiger partial charge in [0.1, 0.15) is 5.69 Å². The molecule has 134 valence electrons. The number of para-hydroxylation sites is 1. The van der Waals surface area contributed by atoms with Crippen molar-refractivity contribution in [2.24, 2.45) is 12.0 Å². The van der Waals surface area contributed by atoms with Gasteiger partial charge in [-0.3, -0.25) is 9.67 Å². The van der Waals surface area contributed by atoms with Gasteiger partial charge in [0.05, 0.1) is 17.6 Å². The molecule has 0 aliphatic rings. The summed E-state index contributed by atoms with van der Waals surface area (Å²) in [6.45, 7) is 8.86. The smallest absolute Gasteiger partial charge is 0.104 e. The summed E-state index contributed by atoms with van der Waals surface area (Å²) < 4.78 is 1.91. The Labute approximate surface area is 156 Å². The highest BCUT2D eigenvalue weighted by Crippen LogP contribution is 2.34. The summed E-state index contributed by atoms with van der Waals surface area (Å²) in [6.07, 6.45) is 1.89. The number of aliphatic imine (C=N–C) groups is 1. The molecule has 3 aromatic rings. The summed E-state index contributed by atoms with van der Waals surface area (Å²) in [5.74, 6) is 0.869.